The van der Waals surface area contributed by atoms with Crippen LogP contribution in [0.2, 0.25) is 0 Å². The lowest BCUT2D eigenvalue weighted by Gasteiger charge is -2.17. The molecule has 0 saturated carbocycles. The van der Waals surface area contributed by atoms with E-state index in [1.807, 2.05) is 0 Å². The molecule has 10 aromatic rings. The van der Waals surface area contributed by atoms with Crippen LogP contribution in [-0.2, 0) is 0 Å². The molecule has 0 amide bonds. The monoisotopic (exact) mass is 677 g/mol. The lowest BCUT2D eigenvalue weighted by Crippen LogP contribution is -1.95. The van der Waals surface area contributed by atoms with Gasteiger partial charge in [0.1, 0.15) is 0 Å². The lowest BCUT2D eigenvalue weighted by molar-refractivity contribution is 1.52. The zero-order chi connectivity index (χ0) is 35.1. The van der Waals surface area contributed by atoms with Gasteiger partial charge in [0.05, 0.1) is 0 Å². The molecular weight excluding hydrogens is 643 g/mol. The van der Waals surface area contributed by atoms with Crippen LogP contribution in [0.5, 0.6) is 0 Å². The maximum Gasteiger partial charge on any atom is 0.0465 e. The molecule has 1 aromatic heterocycles. The molecule has 10 rings (SSSR count). The molecule has 250 valence electrons. The molecule has 0 radical (unpaired) electrons. The van der Waals surface area contributed by atoms with Crippen LogP contribution in [0.4, 0.5) is 22.7 Å². The summed E-state index contributed by atoms with van der Waals surface area (Å²) in [6.45, 7) is 0. The molecule has 0 bridgehead atoms. The van der Waals surface area contributed by atoms with Crippen molar-refractivity contribution in [1.82, 2.24) is 4.98 Å². The number of aromatic nitrogens is 1. The van der Waals surface area contributed by atoms with Crippen LogP contribution in [-0.4, -0.2) is 4.98 Å². The average Bonchev–Trinajstić information content (AvgIpc) is 3.59. The van der Waals surface area contributed by atoms with E-state index in [-0.39, 0.29) is 0 Å². The van der Waals surface area contributed by atoms with E-state index in [1.165, 1.54) is 32.3 Å². The molecule has 3 nitrogen and oxygen atoms in total. The number of rotatable bonds is 7. The number of aromatic amines is 1. The van der Waals surface area contributed by atoms with Crippen molar-refractivity contribution >= 4 is 66.1 Å². The summed E-state index contributed by atoms with van der Waals surface area (Å²) in [6, 6.07) is 69.5. The Morgan fingerprint density at radius 1 is 0.302 bits per heavy atom. The van der Waals surface area contributed by atoms with Gasteiger partial charge in [0, 0.05) is 61.1 Å². The first-order valence-corrected chi connectivity index (χ1v) is 18.1. The first kappa shape index (κ1) is 30.7. The summed E-state index contributed by atoms with van der Waals surface area (Å²) in [5.74, 6) is 0. The van der Waals surface area contributed by atoms with Gasteiger partial charge in [0.2, 0.25) is 0 Å². The Kier molecular flexibility index (Phi) is 7.47. The van der Waals surface area contributed by atoms with Crippen LogP contribution in [0.15, 0.2) is 194 Å². The molecule has 53 heavy (non-hydrogen) atoms. The Labute approximate surface area is 308 Å². The Bertz CT molecular complexity index is 2970. The maximum atomic E-state index is 3.79. The molecular formula is C50H35N3. The first-order chi connectivity index (χ1) is 26.2. The van der Waals surface area contributed by atoms with Gasteiger partial charge in [0.25, 0.3) is 0 Å². The molecule has 0 saturated heterocycles. The van der Waals surface area contributed by atoms with E-state index in [1.54, 1.807) is 0 Å². The van der Waals surface area contributed by atoms with Crippen molar-refractivity contribution in [2.75, 3.05) is 10.6 Å². The topological polar surface area (TPSA) is 39.9 Å². The van der Waals surface area contributed by atoms with E-state index < -0.39 is 0 Å². The smallest absolute Gasteiger partial charge is 0.0465 e. The quantitative estimate of drug-likeness (QED) is 0.157. The molecule has 0 aliphatic rings. The Balaban J connectivity index is 1.07. The fourth-order valence-electron chi connectivity index (χ4n) is 7.70. The normalized spacial score (nSPS) is 11.4. The van der Waals surface area contributed by atoms with Gasteiger partial charge in [-0.25, -0.2) is 0 Å². The van der Waals surface area contributed by atoms with E-state index in [0.29, 0.717) is 0 Å². The van der Waals surface area contributed by atoms with Crippen LogP contribution < -0.4 is 10.6 Å². The molecule has 0 aliphatic heterocycles. The number of H-pyrrole nitrogens is 1. The zero-order valence-corrected chi connectivity index (χ0v) is 29.0. The number of benzene rings is 9. The highest BCUT2D eigenvalue weighted by molar-refractivity contribution is 6.09. The van der Waals surface area contributed by atoms with Crippen molar-refractivity contribution in [2.24, 2.45) is 0 Å². The van der Waals surface area contributed by atoms with Crippen LogP contribution in [0.25, 0.3) is 76.7 Å². The van der Waals surface area contributed by atoms with Gasteiger partial charge >= 0.3 is 0 Å². The molecule has 0 aliphatic carbocycles. The van der Waals surface area contributed by atoms with Crippen LogP contribution >= 0.6 is 0 Å². The van der Waals surface area contributed by atoms with Gasteiger partial charge < -0.3 is 15.6 Å². The van der Waals surface area contributed by atoms with Crippen molar-refractivity contribution in [3.8, 4) is 33.4 Å². The fraction of sp³-hybridized carbons (Fsp3) is 0. The second-order valence-corrected chi connectivity index (χ2v) is 13.7. The highest BCUT2D eigenvalue weighted by Gasteiger charge is 2.14. The number of fused-ring (bicyclic) bond motifs is 5. The SMILES string of the molecule is c1cc(-c2ccc(Nc3ccc4ccccc4c3)c(-c3ccc4[nH]c5ccccc5c4c3)c2)cc(-c2ccccc2Nc2cccc3ccccc23)c1. The largest absolute Gasteiger partial charge is 0.355 e. The summed E-state index contributed by atoms with van der Waals surface area (Å²) in [5.41, 5.74) is 13.5. The molecule has 0 unspecified atom stereocenters. The summed E-state index contributed by atoms with van der Waals surface area (Å²) in [6.07, 6.45) is 0. The van der Waals surface area contributed by atoms with E-state index in [2.05, 4.69) is 210 Å². The van der Waals surface area contributed by atoms with Crippen molar-refractivity contribution < 1.29 is 0 Å². The molecule has 0 fully saturated rings. The highest BCUT2D eigenvalue weighted by atomic mass is 14.9. The van der Waals surface area contributed by atoms with Gasteiger partial charge in [-0.15, -0.1) is 0 Å². The minimum absolute atomic E-state index is 1.06. The summed E-state index contributed by atoms with van der Waals surface area (Å²) < 4.78 is 0. The lowest BCUT2D eigenvalue weighted by atomic mass is 9.94. The van der Waals surface area contributed by atoms with Gasteiger partial charge in [0.15, 0.2) is 0 Å². The van der Waals surface area contributed by atoms with Crippen molar-refractivity contribution in [3.63, 3.8) is 0 Å². The summed E-state index contributed by atoms with van der Waals surface area (Å²) in [5, 5.41) is 14.9. The number of hydrogen-bond acceptors (Lipinski definition) is 2. The number of anilines is 4. The van der Waals surface area contributed by atoms with Crippen LogP contribution in [0, 0.1) is 0 Å². The minimum Gasteiger partial charge on any atom is -0.355 e. The minimum atomic E-state index is 1.06. The van der Waals surface area contributed by atoms with Gasteiger partial charge in [-0.3, -0.25) is 0 Å². The third-order valence-electron chi connectivity index (χ3n) is 10.4. The van der Waals surface area contributed by atoms with E-state index in [0.717, 1.165) is 67.2 Å². The van der Waals surface area contributed by atoms with E-state index in [4.69, 9.17) is 0 Å². The van der Waals surface area contributed by atoms with Crippen molar-refractivity contribution in [1.29, 1.82) is 0 Å². The van der Waals surface area contributed by atoms with Crippen LogP contribution in [0.1, 0.15) is 0 Å². The molecule has 9 aromatic carbocycles. The summed E-state index contributed by atoms with van der Waals surface area (Å²) in [7, 11) is 0. The molecule has 0 atom stereocenters. The molecule has 3 N–H and O–H groups in total. The Morgan fingerprint density at radius 2 is 0.943 bits per heavy atom. The van der Waals surface area contributed by atoms with Gasteiger partial charge in [-0.2, -0.15) is 0 Å². The second-order valence-electron chi connectivity index (χ2n) is 13.7. The average molecular weight is 678 g/mol. The fourth-order valence-corrected chi connectivity index (χ4v) is 7.70. The number of para-hydroxylation sites is 2. The number of nitrogens with one attached hydrogen (secondary N) is 3. The number of hydrogen-bond donors (Lipinski definition) is 3. The first-order valence-electron chi connectivity index (χ1n) is 18.1. The van der Waals surface area contributed by atoms with Gasteiger partial charge in [-0.1, -0.05) is 133 Å². The van der Waals surface area contributed by atoms with E-state index >= 15 is 0 Å². The summed E-state index contributed by atoms with van der Waals surface area (Å²) in [4.78, 5) is 3.59. The molecule has 0 spiro atoms. The Morgan fingerprint density at radius 3 is 1.89 bits per heavy atom. The van der Waals surface area contributed by atoms with E-state index in [9.17, 15) is 0 Å². The summed E-state index contributed by atoms with van der Waals surface area (Å²) >= 11 is 0. The van der Waals surface area contributed by atoms with Crippen molar-refractivity contribution in [3.05, 3.63) is 194 Å². The molecule has 3 heteroatoms. The second kappa shape index (κ2) is 12.9. The Hall–Kier alpha value is -7.10. The zero-order valence-electron chi connectivity index (χ0n) is 29.0. The van der Waals surface area contributed by atoms with Crippen molar-refractivity contribution in [2.45, 2.75) is 0 Å². The maximum absolute atomic E-state index is 3.79. The predicted molar refractivity (Wildman–Crippen MR) is 227 cm³/mol. The standard InChI is InChI=1S/C50H35N3/c1-2-13-36-30-40(26-23-33(36)11-1)51-49-27-24-37(31-44(49)39-25-28-50-45(32-39)43-19-6-8-21-48(43)53-50)35-15-9-16-38(29-35)42-18-5-7-20-46(42)52-47-22-10-14-34-12-3-4-17-41(34)47/h1-32,51-53H. The van der Waals surface area contributed by atoms with Crippen LogP contribution in [0.3, 0.4) is 0 Å². The highest BCUT2D eigenvalue weighted by Crippen LogP contribution is 2.40. The predicted octanol–water partition coefficient (Wildman–Crippen LogP) is 14.1. The molecule has 1 heterocycles. The third kappa shape index (κ3) is 5.75. The van der Waals surface area contributed by atoms with Gasteiger partial charge in [-0.05, 0) is 99.1 Å². The third-order valence-corrected chi connectivity index (χ3v) is 10.4.